The first kappa shape index (κ1) is 12.7. The van der Waals surface area contributed by atoms with Crippen LogP contribution in [0.1, 0.15) is 23.6 Å². The lowest BCUT2D eigenvalue weighted by Crippen LogP contribution is -2.07. The first-order valence-electron chi connectivity index (χ1n) is 6.90. The van der Waals surface area contributed by atoms with Crippen LogP contribution in [0.25, 0.3) is 12.2 Å². The molecule has 1 aliphatic rings. The fourth-order valence-corrected chi connectivity index (χ4v) is 2.35. The molecule has 3 rings (SSSR count). The van der Waals surface area contributed by atoms with Crippen molar-refractivity contribution in [2.24, 2.45) is 0 Å². The fourth-order valence-electron chi connectivity index (χ4n) is 2.35. The summed E-state index contributed by atoms with van der Waals surface area (Å²) in [5, 5.41) is 0. The first-order chi connectivity index (χ1) is 9.72. The van der Waals surface area contributed by atoms with Gasteiger partial charge in [0.1, 0.15) is 12.4 Å². The van der Waals surface area contributed by atoms with Crippen LogP contribution in [0.4, 0.5) is 0 Å². The Balaban J connectivity index is 1.90. The molecule has 0 saturated carbocycles. The minimum Gasteiger partial charge on any atom is -0.488 e. The maximum Gasteiger partial charge on any atom is 0.127 e. The normalized spacial score (nSPS) is 14.3. The standard InChI is InChI=1S/C19H18O/c1-14-7-9-16(10-8-14)11-15(2)18-12-17-5-3-4-6-19(17)20-13-18/h3-12H,13H2,1-2H3. The number of fused-ring (bicyclic) bond motifs is 1. The van der Waals surface area contributed by atoms with Crippen molar-refractivity contribution in [1.82, 2.24) is 0 Å². The van der Waals surface area contributed by atoms with Gasteiger partial charge in [-0.05, 0) is 42.7 Å². The largest absolute Gasteiger partial charge is 0.488 e. The summed E-state index contributed by atoms with van der Waals surface area (Å²) >= 11 is 0. The Morgan fingerprint density at radius 1 is 1.05 bits per heavy atom. The predicted octanol–water partition coefficient (Wildman–Crippen LogP) is 4.87. The van der Waals surface area contributed by atoms with Crippen molar-refractivity contribution >= 4 is 12.2 Å². The van der Waals surface area contributed by atoms with Crippen LogP contribution >= 0.6 is 0 Å². The van der Waals surface area contributed by atoms with E-state index in [9.17, 15) is 0 Å². The maximum atomic E-state index is 5.80. The summed E-state index contributed by atoms with van der Waals surface area (Å²) in [5.41, 5.74) is 6.17. The molecule has 2 aromatic rings. The third-order valence-electron chi connectivity index (χ3n) is 3.60. The van der Waals surface area contributed by atoms with Crippen LogP contribution in [0.5, 0.6) is 5.75 Å². The zero-order valence-corrected chi connectivity index (χ0v) is 11.9. The molecular weight excluding hydrogens is 244 g/mol. The Morgan fingerprint density at radius 3 is 2.60 bits per heavy atom. The fraction of sp³-hybridized carbons (Fsp3) is 0.158. The van der Waals surface area contributed by atoms with Gasteiger partial charge >= 0.3 is 0 Å². The summed E-state index contributed by atoms with van der Waals surface area (Å²) < 4.78 is 5.80. The molecule has 0 atom stereocenters. The molecule has 1 heteroatoms. The van der Waals surface area contributed by atoms with Gasteiger partial charge in [0.15, 0.2) is 0 Å². The van der Waals surface area contributed by atoms with Crippen LogP contribution in [0.2, 0.25) is 0 Å². The summed E-state index contributed by atoms with van der Waals surface area (Å²) in [5.74, 6) is 0.972. The molecule has 0 N–H and O–H groups in total. The van der Waals surface area contributed by atoms with Crippen molar-refractivity contribution in [3.05, 3.63) is 76.4 Å². The summed E-state index contributed by atoms with van der Waals surface area (Å²) in [4.78, 5) is 0. The highest BCUT2D eigenvalue weighted by atomic mass is 16.5. The van der Waals surface area contributed by atoms with E-state index in [1.54, 1.807) is 0 Å². The van der Waals surface area contributed by atoms with E-state index in [1.807, 2.05) is 18.2 Å². The highest BCUT2D eigenvalue weighted by Gasteiger charge is 2.11. The number of benzene rings is 2. The van der Waals surface area contributed by atoms with E-state index in [-0.39, 0.29) is 0 Å². The van der Waals surface area contributed by atoms with Crippen LogP contribution in [-0.2, 0) is 0 Å². The molecule has 0 unspecified atom stereocenters. The molecule has 0 fully saturated rings. The lowest BCUT2D eigenvalue weighted by molar-refractivity contribution is 0.349. The van der Waals surface area contributed by atoms with E-state index in [0.717, 1.165) is 11.3 Å². The third-order valence-corrected chi connectivity index (χ3v) is 3.60. The molecule has 0 aliphatic carbocycles. The van der Waals surface area contributed by atoms with Gasteiger partial charge in [-0.25, -0.2) is 0 Å². The summed E-state index contributed by atoms with van der Waals surface area (Å²) in [7, 11) is 0. The molecule has 100 valence electrons. The van der Waals surface area contributed by atoms with Gasteiger partial charge in [-0.15, -0.1) is 0 Å². The van der Waals surface area contributed by atoms with Gasteiger partial charge in [0.05, 0.1) is 0 Å². The Morgan fingerprint density at radius 2 is 1.80 bits per heavy atom. The lowest BCUT2D eigenvalue weighted by atomic mass is 10.00. The van der Waals surface area contributed by atoms with E-state index in [2.05, 4.69) is 56.3 Å². The Kier molecular flexibility index (Phi) is 3.42. The van der Waals surface area contributed by atoms with Crippen LogP contribution in [0.15, 0.2) is 59.7 Å². The smallest absolute Gasteiger partial charge is 0.127 e. The molecule has 0 radical (unpaired) electrons. The number of hydrogen-bond donors (Lipinski definition) is 0. The van der Waals surface area contributed by atoms with E-state index < -0.39 is 0 Å². The number of ether oxygens (including phenoxy) is 1. The molecule has 1 heterocycles. The zero-order chi connectivity index (χ0) is 13.9. The molecule has 0 saturated heterocycles. The highest BCUT2D eigenvalue weighted by molar-refractivity contribution is 5.70. The second-order valence-electron chi connectivity index (χ2n) is 5.23. The Bertz CT molecular complexity index is 675. The van der Waals surface area contributed by atoms with E-state index in [1.165, 1.54) is 22.3 Å². The maximum absolute atomic E-state index is 5.80. The molecular formula is C19H18O. The van der Waals surface area contributed by atoms with Crippen molar-refractivity contribution in [3.8, 4) is 5.75 Å². The van der Waals surface area contributed by atoms with Gasteiger partial charge in [-0.2, -0.15) is 0 Å². The van der Waals surface area contributed by atoms with E-state index in [0.29, 0.717) is 6.61 Å². The minimum atomic E-state index is 0.644. The molecule has 20 heavy (non-hydrogen) atoms. The number of hydrogen-bond acceptors (Lipinski definition) is 1. The molecule has 1 nitrogen and oxygen atoms in total. The third kappa shape index (κ3) is 2.67. The SMILES string of the molecule is CC(=Cc1ccc(C)cc1)C1=Cc2ccccc2OC1. The van der Waals surface area contributed by atoms with E-state index in [4.69, 9.17) is 4.74 Å². The highest BCUT2D eigenvalue weighted by Crippen LogP contribution is 2.29. The zero-order valence-electron chi connectivity index (χ0n) is 11.9. The number of aryl methyl sites for hydroxylation is 1. The first-order valence-corrected chi connectivity index (χ1v) is 6.90. The summed E-state index contributed by atoms with van der Waals surface area (Å²) in [6.07, 6.45) is 4.43. The monoisotopic (exact) mass is 262 g/mol. The molecule has 0 aromatic heterocycles. The van der Waals surface area contributed by atoms with Gasteiger partial charge in [-0.3, -0.25) is 0 Å². The van der Waals surface area contributed by atoms with Crippen LogP contribution in [-0.4, -0.2) is 6.61 Å². The topological polar surface area (TPSA) is 9.23 Å². The average Bonchev–Trinajstić information content (AvgIpc) is 2.49. The van der Waals surface area contributed by atoms with Gasteiger partial charge in [0, 0.05) is 5.56 Å². The Hall–Kier alpha value is -2.28. The lowest BCUT2D eigenvalue weighted by Gasteiger charge is -2.18. The molecule has 2 aromatic carbocycles. The van der Waals surface area contributed by atoms with Crippen LogP contribution in [0.3, 0.4) is 0 Å². The van der Waals surface area contributed by atoms with Crippen molar-refractivity contribution in [1.29, 1.82) is 0 Å². The number of rotatable bonds is 2. The van der Waals surface area contributed by atoms with Gasteiger partial charge in [-0.1, -0.05) is 54.1 Å². The van der Waals surface area contributed by atoms with Gasteiger partial charge in [0.25, 0.3) is 0 Å². The number of para-hydroxylation sites is 1. The summed E-state index contributed by atoms with van der Waals surface area (Å²) in [6.45, 7) is 4.89. The van der Waals surface area contributed by atoms with Gasteiger partial charge < -0.3 is 4.74 Å². The van der Waals surface area contributed by atoms with E-state index >= 15 is 0 Å². The van der Waals surface area contributed by atoms with Gasteiger partial charge in [0.2, 0.25) is 0 Å². The molecule has 0 spiro atoms. The second-order valence-corrected chi connectivity index (χ2v) is 5.23. The molecule has 0 bridgehead atoms. The average molecular weight is 262 g/mol. The van der Waals surface area contributed by atoms with Crippen LogP contribution < -0.4 is 4.74 Å². The predicted molar refractivity (Wildman–Crippen MR) is 84.7 cm³/mol. The Labute approximate surface area is 120 Å². The van der Waals surface area contributed by atoms with Crippen LogP contribution in [0, 0.1) is 6.92 Å². The summed E-state index contributed by atoms with van der Waals surface area (Å²) in [6, 6.07) is 16.7. The van der Waals surface area contributed by atoms with Crippen molar-refractivity contribution in [3.63, 3.8) is 0 Å². The van der Waals surface area contributed by atoms with Crippen molar-refractivity contribution in [2.75, 3.05) is 6.61 Å². The minimum absolute atomic E-state index is 0.644. The van der Waals surface area contributed by atoms with Crippen molar-refractivity contribution in [2.45, 2.75) is 13.8 Å². The quantitative estimate of drug-likeness (QED) is 0.750. The molecule has 1 aliphatic heterocycles. The molecule has 0 amide bonds. The second kappa shape index (κ2) is 5.38. The van der Waals surface area contributed by atoms with Crippen molar-refractivity contribution < 1.29 is 4.74 Å².